The highest BCUT2D eigenvalue weighted by Gasteiger charge is 2.13. The molecule has 1 aromatic carbocycles. The Morgan fingerprint density at radius 3 is 2.65 bits per heavy atom. The van der Waals surface area contributed by atoms with Crippen molar-refractivity contribution in [1.29, 1.82) is 0 Å². The monoisotopic (exact) mass is 347 g/mol. The summed E-state index contributed by atoms with van der Waals surface area (Å²) in [5.41, 5.74) is 6.64. The van der Waals surface area contributed by atoms with Crippen LogP contribution >= 0.6 is 0 Å². The molecule has 0 unspecified atom stereocenters. The lowest BCUT2D eigenvalue weighted by Gasteiger charge is -2.13. The van der Waals surface area contributed by atoms with Crippen molar-refractivity contribution in [3.63, 3.8) is 0 Å². The Labute approximate surface area is 153 Å². The second-order valence-corrected chi connectivity index (χ2v) is 6.12. The van der Waals surface area contributed by atoms with Crippen molar-refractivity contribution in [2.24, 2.45) is 4.99 Å². The molecule has 26 heavy (non-hydrogen) atoms. The van der Waals surface area contributed by atoms with E-state index in [1.165, 1.54) is 7.11 Å². The lowest BCUT2D eigenvalue weighted by Crippen LogP contribution is -2.06. The van der Waals surface area contributed by atoms with E-state index in [2.05, 4.69) is 34.5 Å². The first-order chi connectivity index (χ1) is 12.5. The topological polar surface area (TPSA) is 56.5 Å². The highest BCUT2D eigenvalue weighted by molar-refractivity contribution is 5.90. The molecule has 132 valence electrons. The van der Waals surface area contributed by atoms with Crippen LogP contribution in [0.5, 0.6) is 0 Å². The molecule has 0 atom stereocenters. The number of methoxy groups -OCH3 is 1. The van der Waals surface area contributed by atoms with Crippen molar-refractivity contribution in [2.75, 3.05) is 7.11 Å². The van der Waals surface area contributed by atoms with Crippen LogP contribution in [0.1, 0.15) is 32.9 Å². The van der Waals surface area contributed by atoms with Crippen LogP contribution in [0.3, 0.4) is 0 Å². The fourth-order valence-electron chi connectivity index (χ4n) is 3.01. The van der Waals surface area contributed by atoms with E-state index in [0.717, 1.165) is 33.9 Å². The Hall–Kier alpha value is -3.21. The Bertz CT molecular complexity index is 972. The number of aryl methyl sites for hydroxylation is 2. The molecular weight excluding hydrogens is 326 g/mol. The van der Waals surface area contributed by atoms with Gasteiger partial charge in [0.1, 0.15) is 0 Å². The SMILES string of the molecule is COC(=O)c1ccc(-n2c(C)cc(C=Nc3cccnc3)c2C)c(C)c1. The summed E-state index contributed by atoms with van der Waals surface area (Å²) in [6.07, 6.45) is 5.31. The lowest BCUT2D eigenvalue weighted by molar-refractivity contribution is 0.0600. The van der Waals surface area contributed by atoms with Crippen molar-refractivity contribution < 1.29 is 9.53 Å². The average Bonchev–Trinajstić information content (AvgIpc) is 2.94. The summed E-state index contributed by atoms with van der Waals surface area (Å²) >= 11 is 0. The second kappa shape index (κ2) is 7.35. The van der Waals surface area contributed by atoms with E-state index in [0.29, 0.717) is 5.56 Å². The van der Waals surface area contributed by atoms with Gasteiger partial charge >= 0.3 is 5.97 Å². The summed E-state index contributed by atoms with van der Waals surface area (Å²) in [6, 6.07) is 11.5. The van der Waals surface area contributed by atoms with Gasteiger partial charge in [0, 0.05) is 35.1 Å². The quantitative estimate of drug-likeness (QED) is 0.521. The molecule has 0 aliphatic heterocycles. The summed E-state index contributed by atoms with van der Waals surface area (Å²) < 4.78 is 6.96. The molecule has 0 spiro atoms. The third-order valence-electron chi connectivity index (χ3n) is 4.33. The summed E-state index contributed by atoms with van der Waals surface area (Å²) in [5.74, 6) is -0.329. The zero-order chi connectivity index (χ0) is 18.7. The zero-order valence-electron chi connectivity index (χ0n) is 15.4. The van der Waals surface area contributed by atoms with Gasteiger partial charge in [0.15, 0.2) is 0 Å². The Kier molecular flexibility index (Phi) is 4.98. The van der Waals surface area contributed by atoms with Crippen LogP contribution in [-0.2, 0) is 4.74 Å². The number of hydrogen-bond acceptors (Lipinski definition) is 4. The fraction of sp³-hybridized carbons (Fsp3) is 0.190. The Balaban J connectivity index is 1.98. The molecule has 0 aliphatic rings. The molecule has 0 saturated heterocycles. The van der Waals surface area contributed by atoms with Crippen molar-refractivity contribution in [1.82, 2.24) is 9.55 Å². The third-order valence-corrected chi connectivity index (χ3v) is 4.33. The number of carbonyl (C=O) groups is 1. The van der Waals surface area contributed by atoms with E-state index in [9.17, 15) is 4.79 Å². The van der Waals surface area contributed by atoms with Gasteiger partial charge in [-0.25, -0.2) is 4.79 Å². The maximum Gasteiger partial charge on any atom is 0.337 e. The number of carbonyl (C=O) groups excluding carboxylic acids is 1. The molecule has 0 amide bonds. The predicted octanol–water partition coefficient (Wildman–Crippen LogP) is 4.33. The molecule has 5 nitrogen and oxygen atoms in total. The van der Waals surface area contributed by atoms with Crippen LogP contribution in [0.2, 0.25) is 0 Å². The minimum Gasteiger partial charge on any atom is -0.465 e. The lowest BCUT2D eigenvalue weighted by atomic mass is 10.1. The molecule has 2 heterocycles. The highest BCUT2D eigenvalue weighted by Crippen LogP contribution is 2.24. The van der Waals surface area contributed by atoms with Crippen LogP contribution in [0, 0.1) is 20.8 Å². The van der Waals surface area contributed by atoms with E-state index < -0.39 is 0 Å². The van der Waals surface area contributed by atoms with Crippen LogP contribution in [0.15, 0.2) is 53.8 Å². The first-order valence-corrected chi connectivity index (χ1v) is 8.33. The minimum absolute atomic E-state index is 0.329. The molecular formula is C21H21N3O2. The third kappa shape index (κ3) is 3.42. The summed E-state index contributed by atoms with van der Waals surface area (Å²) in [4.78, 5) is 20.3. The second-order valence-electron chi connectivity index (χ2n) is 6.12. The number of ether oxygens (including phenoxy) is 1. The zero-order valence-corrected chi connectivity index (χ0v) is 15.4. The minimum atomic E-state index is -0.329. The van der Waals surface area contributed by atoms with Gasteiger partial charge in [0.25, 0.3) is 0 Å². The highest BCUT2D eigenvalue weighted by atomic mass is 16.5. The maximum atomic E-state index is 11.7. The maximum absolute atomic E-state index is 11.7. The van der Waals surface area contributed by atoms with Crippen molar-refractivity contribution in [3.05, 3.63) is 76.9 Å². The number of hydrogen-bond donors (Lipinski definition) is 0. The number of aliphatic imine (C=N–C) groups is 1. The smallest absolute Gasteiger partial charge is 0.337 e. The summed E-state index contributed by atoms with van der Waals surface area (Å²) in [5, 5.41) is 0. The fourth-order valence-corrected chi connectivity index (χ4v) is 3.01. The largest absolute Gasteiger partial charge is 0.465 e. The normalized spacial score (nSPS) is 11.1. The van der Waals surface area contributed by atoms with Crippen LogP contribution in [-0.4, -0.2) is 28.8 Å². The molecule has 2 aromatic heterocycles. The number of benzene rings is 1. The molecule has 0 aliphatic carbocycles. The van der Waals surface area contributed by atoms with Gasteiger partial charge in [-0.15, -0.1) is 0 Å². The van der Waals surface area contributed by atoms with Crippen molar-refractivity contribution in [3.8, 4) is 5.69 Å². The number of esters is 1. The van der Waals surface area contributed by atoms with Crippen molar-refractivity contribution >= 4 is 17.9 Å². The van der Waals surface area contributed by atoms with E-state index in [-0.39, 0.29) is 5.97 Å². The van der Waals surface area contributed by atoms with E-state index in [1.54, 1.807) is 18.5 Å². The summed E-state index contributed by atoms with van der Waals surface area (Å²) in [6.45, 7) is 6.11. The van der Waals surface area contributed by atoms with Gasteiger partial charge in [-0.3, -0.25) is 9.98 Å². The van der Waals surface area contributed by atoms with E-state index >= 15 is 0 Å². The van der Waals surface area contributed by atoms with Gasteiger partial charge < -0.3 is 9.30 Å². The molecule has 0 bridgehead atoms. The van der Waals surface area contributed by atoms with Gasteiger partial charge in [-0.1, -0.05) is 0 Å². The molecule has 0 fully saturated rings. The Morgan fingerprint density at radius 2 is 2.00 bits per heavy atom. The van der Waals surface area contributed by atoms with Gasteiger partial charge in [0.2, 0.25) is 0 Å². The summed E-state index contributed by atoms with van der Waals surface area (Å²) in [7, 11) is 1.39. The van der Waals surface area contributed by atoms with Crippen molar-refractivity contribution in [2.45, 2.75) is 20.8 Å². The molecule has 5 heteroatoms. The predicted molar refractivity (Wildman–Crippen MR) is 103 cm³/mol. The number of nitrogens with zero attached hydrogens (tertiary/aromatic N) is 3. The number of aromatic nitrogens is 2. The number of pyridine rings is 1. The molecule has 3 aromatic rings. The average molecular weight is 347 g/mol. The standard InChI is InChI=1S/C21H21N3O2/c1-14-10-17(21(25)26-4)7-8-20(14)24-15(2)11-18(16(24)3)12-23-19-6-5-9-22-13-19/h5-13H,1-4H3. The van der Waals surface area contributed by atoms with E-state index in [4.69, 9.17) is 4.74 Å². The first kappa shape index (κ1) is 17.6. The van der Waals surface area contributed by atoms with Gasteiger partial charge in [-0.2, -0.15) is 0 Å². The molecule has 0 saturated carbocycles. The number of rotatable bonds is 4. The van der Waals surface area contributed by atoms with Crippen LogP contribution in [0.25, 0.3) is 5.69 Å². The van der Waals surface area contributed by atoms with E-state index in [1.807, 2.05) is 37.4 Å². The molecule has 0 N–H and O–H groups in total. The first-order valence-electron chi connectivity index (χ1n) is 8.33. The molecule has 3 rings (SSSR count). The Morgan fingerprint density at radius 1 is 1.19 bits per heavy atom. The van der Waals surface area contributed by atoms with Crippen LogP contribution in [0.4, 0.5) is 5.69 Å². The molecule has 0 radical (unpaired) electrons. The van der Waals surface area contributed by atoms with Gasteiger partial charge in [0.05, 0.1) is 24.6 Å². The van der Waals surface area contributed by atoms with Crippen LogP contribution < -0.4 is 0 Å². The van der Waals surface area contributed by atoms with Gasteiger partial charge in [-0.05, 0) is 62.7 Å².